The van der Waals surface area contributed by atoms with E-state index < -0.39 is 0 Å². The summed E-state index contributed by atoms with van der Waals surface area (Å²) in [6, 6.07) is 5.71. The van der Waals surface area contributed by atoms with Crippen molar-refractivity contribution in [2.24, 2.45) is 11.7 Å². The smallest absolute Gasteiger partial charge is 0.230 e. The van der Waals surface area contributed by atoms with Crippen molar-refractivity contribution in [1.29, 1.82) is 0 Å². The number of carbonyl (C=O) groups excluding carboxylic acids is 2. The predicted octanol–water partition coefficient (Wildman–Crippen LogP) is -0.0655. The maximum Gasteiger partial charge on any atom is 0.230 e. The average Bonchev–Trinajstić information content (AvgIpc) is 2.48. The van der Waals surface area contributed by atoms with Crippen molar-refractivity contribution in [3.05, 3.63) is 30.1 Å². The molecule has 6 heteroatoms. The molecule has 2 rings (SSSR count). The minimum atomic E-state index is -0.324. The van der Waals surface area contributed by atoms with Gasteiger partial charge < -0.3 is 16.0 Å². The first-order valence-corrected chi connectivity index (χ1v) is 7.23. The maximum absolute atomic E-state index is 12.8. The zero-order chi connectivity index (χ0) is 15.2. The summed E-state index contributed by atoms with van der Waals surface area (Å²) in [5.41, 5.74) is 5.89. The molecule has 4 N–H and O–H groups in total. The molecule has 2 amide bonds. The van der Waals surface area contributed by atoms with E-state index in [2.05, 4.69) is 5.32 Å². The number of primary amides is 1. The van der Waals surface area contributed by atoms with Gasteiger partial charge in [-0.1, -0.05) is 0 Å². The molecule has 21 heavy (non-hydrogen) atoms. The maximum atomic E-state index is 12.8. The van der Waals surface area contributed by atoms with Gasteiger partial charge in [-0.05, 0) is 24.3 Å². The number of nitrogens with two attached hydrogens (primary N) is 1. The van der Waals surface area contributed by atoms with E-state index >= 15 is 0 Å². The molecule has 0 aliphatic carbocycles. The Hall–Kier alpha value is -1.95. The van der Waals surface area contributed by atoms with Gasteiger partial charge >= 0.3 is 0 Å². The highest BCUT2D eigenvalue weighted by atomic mass is 19.1. The van der Waals surface area contributed by atoms with Crippen LogP contribution >= 0.6 is 0 Å². The number of carbonyl (C=O) groups is 2. The highest BCUT2D eigenvalue weighted by molar-refractivity contribution is 5.90. The number of anilines is 1. The van der Waals surface area contributed by atoms with Gasteiger partial charge in [0.05, 0.1) is 26.1 Å². The second-order valence-electron chi connectivity index (χ2n) is 5.48. The van der Waals surface area contributed by atoms with Crippen LogP contribution in [0.3, 0.4) is 0 Å². The number of hydrogen-bond acceptors (Lipinski definition) is 2. The molecule has 0 aromatic heterocycles. The van der Waals surface area contributed by atoms with Gasteiger partial charge in [0.1, 0.15) is 5.82 Å². The van der Waals surface area contributed by atoms with E-state index in [1.165, 1.54) is 17.0 Å². The van der Waals surface area contributed by atoms with Gasteiger partial charge in [-0.3, -0.25) is 9.59 Å². The van der Waals surface area contributed by atoms with E-state index in [-0.39, 0.29) is 23.5 Å². The third-order valence-electron chi connectivity index (χ3n) is 3.93. The first-order chi connectivity index (χ1) is 10.0. The Morgan fingerprint density at radius 1 is 1.24 bits per heavy atom. The van der Waals surface area contributed by atoms with Gasteiger partial charge in [0.25, 0.3) is 0 Å². The molecular formula is C15H21FN3O2+. The number of rotatable bonds is 5. The summed E-state index contributed by atoms with van der Waals surface area (Å²) >= 11 is 0. The lowest BCUT2D eigenvalue weighted by Crippen LogP contribution is -3.13. The quantitative estimate of drug-likeness (QED) is 0.711. The topological polar surface area (TPSA) is 76.6 Å². The van der Waals surface area contributed by atoms with Crippen LogP contribution in [0.25, 0.3) is 0 Å². The fourth-order valence-corrected chi connectivity index (χ4v) is 2.61. The highest BCUT2D eigenvalue weighted by Crippen LogP contribution is 2.09. The van der Waals surface area contributed by atoms with E-state index in [1.807, 2.05) is 0 Å². The van der Waals surface area contributed by atoms with Crippen molar-refractivity contribution in [3.8, 4) is 0 Å². The third-order valence-corrected chi connectivity index (χ3v) is 3.93. The van der Waals surface area contributed by atoms with Crippen LogP contribution in [0.15, 0.2) is 24.3 Å². The molecule has 0 bridgehead atoms. The molecule has 0 saturated carbocycles. The molecule has 1 aliphatic rings. The zero-order valence-electron chi connectivity index (χ0n) is 11.9. The SMILES string of the molecule is NC(=O)C1CC[NH+](CCC(=O)Nc2ccc(F)cc2)CC1. The van der Waals surface area contributed by atoms with Crippen LogP contribution in [0, 0.1) is 11.7 Å². The van der Waals surface area contributed by atoms with Crippen molar-refractivity contribution in [1.82, 2.24) is 0 Å². The molecule has 1 aromatic carbocycles. The van der Waals surface area contributed by atoms with Gasteiger partial charge in [0, 0.05) is 24.4 Å². The van der Waals surface area contributed by atoms with Crippen molar-refractivity contribution >= 4 is 17.5 Å². The average molecular weight is 294 g/mol. The van der Waals surface area contributed by atoms with Gasteiger partial charge in [0.2, 0.25) is 11.8 Å². The Kier molecular flexibility index (Phi) is 5.27. The monoisotopic (exact) mass is 294 g/mol. The van der Waals surface area contributed by atoms with Crippen molar-refractivity contribution < 1.29 is 18.9 Å². The van der Waals surface area contributed by atoms with Crippen LogP contribution in [0.1, 0.15) is 19.3 Å². The first kappa shape index (κ1) is 15.4. The normalized spacial score (nSPS) is 21.8. The molecule has 1 aromatic rings. The molecule has 1 aliphatic heterocycles. The largest absolute Gasteiger partial charge is 0.369 e. The Labute approximate surface area is 123 Å². The first-order valence-electron chi connectivity index (χ1n) is 7.23. The minimum Gasteiger partial charge on any atom is -0.369 e. The van der Waals surface area contributed by atoms with Gasteiger partial charge in [-0.2, -0.15) is 0 Å². The summed E-state index contributed by atoms with van der Waals surface area (Å²) in [6.07, 6.45) is 2.00. The number of hydrogen-bond donors (Lipinski definition) is 3. The standard InChI is InChI=1S/C15H20FN3O2/c16-12-1-3-13(4-2-12)18-14(20)7-10-19-8-5-11(6-9-19)15(17)21/h1-4,11H,5-10H2,(H2,17,21)(H,18,20)/p+1. The number of halogens is 1. The van der Waals surface area contributed by atoms with Crippen LogP contribution in [-0.2, 0) is 9.59 Å². The summed E-state index contributed by atoms with van der Waals surface area (Å²) in [5, 5.41) is 2.74. The minimum absolute atomic E-state index is 0.0122. The van der Waals surface area contributed by atoms with E-state index in [0.717, 1.165) is 32.5 Å². The highest BCUT2D eigenvalue weighted by Gasteiger charge is 2.25. The van der Waals surface area contributed by atoms with E-state index in [1.54, 1.807) is 12.1 Å². The second-order valence-corrected chi connectivity index (χ2v) is 5.48. The van der Waals surface area contributed by atoms with Crippen LogP contribution in [0.4, 0.5) is 10.1 Å². The van der Waals surface area contributed by atoms with Gasteiger partial charge in [-0.15, -0.1) is 0 Å². The van der Waals surface area contributed by atoms with Gasteiger partial charge in [-0.25, -0.2) is 4.39 Å². The summed E-state index contributed by atoms with van der Waals surface area (Å²) in [7, 11) is 0. The molecular weight excluding hydrogens is 273 g/mol. The second kappa shape index (κ2) is 7.17. The Morgan fingerprint density at radius 3 is 2.43 bits per heavy atom. The molecule has 0 radical (unpaired) electrons. The number of amides is 2. The molecule has 0 atom stereocenters. The molecule has 1 fully saturated rings. The van der Waals surface area contributed by atoms with Crippen LogP contribution in [-0.4, -0.2) is 31.4 Å². The van der Waals surface area contributed by atoms with E-state index in [0.29, 0.717) is 12.1 Å². The number of likely N-dealkylation sites (tertiary alicyclic amines) is 1. The molecule has 114 valence electrons. The number of quaternary nitrogens is 1. The van der Waals surface area contributed by atoms with Crippen LogP contribution < -0.4 is 16.0 Å². The van der Waals surface area contributed by atoms with Crippen LogP contribution in [0.2, 0.25) is 0 Å². The summed E-state index contributed by atoms with van der Waals surface area (Å²) in [5.74, 6) is -0.634. The molecule has 0 unspecified atom stereocenters. The number of benzene rings is 1. The predicted molar refractivity (Wildman–Crippen MR) is 77.1 cm³/mol. The van der Waals surface area contributed by atoms with Crippen molar-refractivity contribution in [2.75, 3.05) is 25.0 Å². The molecule has 1 saturated heterocycles. The van der Waals surface area contributed by atoms with E-state index in [9.17, 15) is 14.0 Å². The number of nitrogens with one attached hydrogen (secondary N) is 2. The lowest BCUT2D eigenvalue weighted by Gasteiger charge is -2.27. The fourth-order valence-electron chi connectivity index (χ4n) is 2.61. The van der Waals surface area contributed by atoms with Crippen LogP contribution in [0.5, 0.6) is 0 Å². The molecule has 0 spiro atoms. The lowest BCUT2D eigenvalue weighted by molar-refractivity contribution is -0.905. The fraction of sp³-hybridized carbons (Fsp3) is 0.467. The summed E-state index contributed by atoms with van der Waals surface area (Å²) in [4.78, 5) is 24.2. The third kappa shape index (κ3) is 4.82. The summed E-state index contributed by atoms with van der Waals surface area (Å²) < 4.78 is 12.8. The van der Waals surface area contributed by atoms with Crippen molar-refractivity contribution in [2.45, 2.75) is 19.3 Å². The number of piperidine rings is 1. The Bertz CT molecular complexity index is 496. The lowest BCUT2D eigenvalue weighted by atomic mass is 9.96. The van der Waals surface area contributed by atoms with E-state index in [4.69, 9.17) is 5.73 Å². The van der Waals surface area contributed by atoms with Crippen molar-refractivity contribution in [3.63, 3.8) is 0 Å². The summed E-state index contributed by atoms with van der Waals surface area (Å²) in [6.45, 7) is 2.48. The molecule has 5 nitrogen and oxygen atoms in total. The van der Waals surface area contributed by atoms with Gasteiger partial charge in [0.15, 0.2) is 0 Å². The Balaban J connectivity index is 1.70. The Morgan fingerprint density at radius 2 is 1.86 bits per heavy atom. The zero-order valence-corrected chi connectivity index (χ0v) is 11.9. The molecule has 1 heterocycles.